The maximum Gasteiger partial charge on any atom is 0.246 e. The van der Waals surface area contributed by atoms with Crippen LogP contribution in [0.25, 0.3) is 0 Å². The average molecular weight is 1290 g/mol. The lowest BCUT2D eigenvalue weighted by Crippen LogP contribution is -2.34. The van der Waals surface area contributed by atoms with Gasteiger partial charge in [0.15, 0.2) is 35.3 Å². The molecule has 0 radical (unpaired) electrons. The van der Waals surface area contributed by atoms with Crippen molar-refractivity contribution >= 4 is 83.9 Å². The molecule has 0 heterocycles. The molecule has 0 bridgehead atoms. The van der Waals surface area contributed by atoms with E-state index in [1.54, 1.807) is 122 Å². The normalized spacial score (nSPS) is 10.3. The fourth-order valence-corrected chi connectivity index (χ4v) is 13.0. The Hall–Kier alpha value is -9.22. The number of carbonyl (C=O) groups is 1. The van der Waals surface area contributed by atoms with Crippen LogP contribution in [0.2, 0.25) is 10.0 Å². The van der Waals surface area contributed by atoms with Crippen LogP contribution in [0.15, 0.2) is 217 Å². The largest absolute Gasteiger partial charge is 0.399 e. The highest BCUT2D eigenvalue weighted by Crippen LogP contribution is 2.24. The van der Waals surface area contributed by atoms with Crippen LogP contribution in [0, 0.1) is 101 Å². The molecule has 7 aromatic carbocycles. The van der Waals surface area contributed by atoms with Gasteiger partial charge in [-0.3, -0.25) is 9.69 Å². The van der Waals surface area contributed by atoms with Crippen LogP contribution < -0.4 is 5.73 Å². The predicted molar refractivity (Wildman–Crippen MR) is 356 cm³/mol. The zero-order chi connectivity index (χ0) is 62.4. The Bertz CT molecular complexity index is 4580. The van der Waals surface area contributed by atoms with E-state index in [-0.39, 0.29) is 62.6 Å². The van der Waals surface area contributed by atoms with Gasteiger partial charge >= 0.3 is 0 Å². The maximum atomic E-state index is 12.5. The minimum absolute atomic E-state index is 0. The highest BCUT2D eigenvalue weighted by atomic mass is 35.5. The number of hydrogen-bond acceptors (Lipinski definition) is 13. The smallest absolute Gasteiger partial charge is 0.246 e. The number of nitrogens with two attached hydrogens (primary N) is 1. The van der Waals surface area contributed by atoms with Gasteiger partial charge in [0, 0.05) is 54.1 Å². The molecular formula is C65H70Cl2N2O11S5. The van der Waals surface area contributed by atoms with Crippen LogP contribution >= 0.6 is 23.2 Å². The van der Waals surface area contributed by atoms with E-state index in [1.165, 1.54) is 77.7 Å². The first-order valence-electron chi connectivity index (χ1n) is 24.4. The number of halogens is 2. The van der Waals surface area contributed by atoms with Crippen molar-refractivity contribution in [1.29, 1.82) is 0 Å². The molecule has 2 N–H and O–H groups in total. The van der Waals surface area contributed by atoms with Crippen LogP contribution in [0.4, 0.5) is 5.69 Å². The van der Waals surface area contributed by atoms with Crippen molar-refractivity contribution in [3.8, 4) is 94.6 Å². The lowest BCUT2D eigenvalue weighted by atomic mass is 10.2. The summed E-state index contributed by atoms with van der Waals surface area (Å²) >= 11 is 11.4. The summed E-state index contributed by atoms with van der Waals surface area (Å²) in [6, 6.07) is 48.8. The zero-order valence-corrected chi connectivity index (χ0v) is 50.7. The van der Waals surface area contributed by atoms with Crippen LogP contribution in [-0.4, -0.2) is 76.8 Å². The van der Waals surface area contributed by atoms with Gasteiger partial charge in [-0.2, -0.15) is 0 Å². The predicted octanol–water partition coefficient (Wildman–Crippen LogP) is 12.0. The topological polar surface area (TPSA) is 217 Å². The molecule has 0 spiro atoms. The monoisotopic (exact) mass is 1280 g/mol. The van der Waals surface area contributed by atoms with E-state index in [1.807, 2.05) is 6.92 Å². The fourth-order valence-electron chi connectivity index (χ4n) is 6.36. The molecular weight excluding hydrogens is 1220 g/mol. The van der Waals surface area contributed by atoms with Crippen LogP contribution in [0.3, 0.4) is 0 Å². The van der Waals surface area contributed by atoms with Gasteiger partial charge in [-0.1, -0.05) is 115 Å². The third-order valence-corrected chi connectivity index (χ3v) is 19.2. The maximum absolute atomic E-state index is 12.5. The van der Waals surface area contributed by atoms with Crippen molar-refractivity contribution in [2.24, 2.45) is 0 Å². The summed E-state index contributed by atoms with van der Waals surface area (Å²) < 4.78 is 122. The minimum Gasteiger partial charge on any atom is -0.399 e. The molecule has 7 aromatic rings. The zero-order valence-electron chi connectivity index (χ0n) is 45.1. The second-order valence-electron chi connectivity index (χ2n) is 16.8. The Morgan fingerprint density at radius 1 is 0.447 bits per heavy atom. The minimum atomic E-state index is -3.74. The molecule has 7 rings (SSSR count). The van der Waals surface area contributed by atoms with E-state index in [0.717, 1.165) is 5.56 Å². The molecule has 85 heavy (non-hydrogen) atoms. The number of ketones is 1. The van der Waals surface area contributed by atoms with Crippen molar-refractivity contribution in [3.63, 3.8) is 0 Å². The summed E-state index contributed by atoms with van der Waals surface area (Å²) in [6.07, 6.45) is 4.90. The molecule has 0 aliphatic carbocycles. The Morgan fingerprint density at radius 3 is 1.19 bits per heavy atom. The first kappa shape index (κ1) is 68.3. The molecule has 0 fully saturated rings. The van der Waals surface area contributed by atoms with Crippen molar-refractivity contribution in [1.82, 2.24) is 4.90 Å². The number of carbonyl (C=O) groups excluding carboxylic acids is 1. The summed E-state index contributed by atoms with van der Waals surface area (Å²) in [4.78, 5) is 14.3. The first-order chi connectivity index (χ1) is 40.4. The number of aryl methyl sites for hydroxylation is 1. The Labute approximate surface area is 525 Å². The highest BCUT2D eigenvalue weighted by Gasteiger charge is 2.24. The number of nitrogens with zero attached hydrogens (tertiary/aromatic N) is 1. The van der Waals surface area contributed by atoms with E-state index in [0.29, 0.717) is 27.8 Å². The van der Waals surface area contributed by atoms with E-state index in [2.05, 4.69) is 88.1 Å². The molecule has 0 saturated carbocycles. The van der Waals surface area contributed by atoms with Crippen LogP contribution in [0.1, 0.15) is 38.5 Å². The number of nitrogen functional groups attached to an aromatic ring is 1. The lowest BCUT2D eigenvalue weighted by molar-refractivity contribution is 0.102. The molecule has 0 aromatic heterocycles. The first-order valence-corrected chi connectivity index (χ1v) is 33.1. The number of terminal acetylenes is 1. The van der Waals surface area contributed by atoms with Crippen molar-refractivity contribution in [2.75, 3.05) is 29.8 Å². The summed E-state index contributed by atoms with van der Waals surface area (Å²) in [7, 11) is -17.9. The molecule has 0 saturated heterocycles. The number of anilines is 1. The van der Waals surface area contributed by atoms with E-state index in [4.69, 9.17) is 35.4 Å². The second kappa shape index (κ2) is 33.8. The second-order valence-corrected chi connectivity index (χ2v) is 27.2. The number of rotatable bonds is 14. The van der Waals surface area contributed by atoms with E-state index < -0.39 is 54.9 Å². The average Bonchev–Trinajstić information content (AvgIpc) is 0.845. The van der Waals surface area contributed by atoms with E-state index >= 15 is 0 Å². The molecule has 20 heteroatoms. The third kappa shape index (κ3) is 23.9. The van der Waals surface area contributed by atoms with Crippen LogP contribution in [-0.2, 0) is 49.2 Å². The SMILES string of the molecule is C#CC#CC#CC#CC#CC#CC#CC#CS(=O)(=O)c1ccc(N)cc1.CCN(CS(=O)(=O)c1ccccc1)CS(=O)(=O)c1ccc(C)cc1.O=C(CS(=O)(=O)c1ccccc1)c1ccccc1.O=S(=O)(c1ccc(Cl)cc1)c1ccc(Cl)cc1.[HH].[HH].[HH].[HH].[HH].[HH].[HH].[HH].[HH].[HH].[HH]. The van der Waals surface area contributed by atoms with Crippen molar-refractivity contribution in [2.45, 2.75) is 43.2 Å². The quantitative estimate of drug-likeness (QED) is 0.0464. The van der Waals surface area contributed by atoms with Crippen LogP contribution in [0.5, 0.6) is 0 Å². The van der Waals surface area contributed by atoms with Gasteiger partial charge in [0.25, 0.3) is 0 Å². The van der Waals surface area contributed by atoms with Gasteiger partial charge in [0.2, 0.25) is 19.7 Å². The summed E-state index contributed by atoms with van der Waals surface area (Å²) in [5.41, 5.74) is 7.34. The summed E-state index contributed by atoms with van der Waals surface area (Å²) in [6.45, 7) is 3.93. The lowest BCUT2D eigenvalue weighted by Gasteiger charge is -2.20. The van der Waals surface area contributed by atoms with Gasteiger partial charge in [-0.15, -0.1) is 6.42 Å². The molecule has 0 atom stereocenters. The van der Waals surface area contributed by atoms with Gasteiger partial charge in [0.05, 0.1) is 29.4 Å². The van der Waals surface area contributed by atoms with Gasteiger partial charge in [0.1, 0.15) is 17.5 Å². The molecule has 0 unspecified atom stereocenters. The summed E-state index contributed by atoms with van der Waals surface area (Å²) in [5, 5.41) is 3.08. The Balaban J connectivity index is -0.000000175. The Kier molecular flexibility index (Phi) is 27.1. The third-order valence-electron chi connectivity index (χ3n) is 10.6. The Morgan fingerprint density at radius 2 is 0.788 bits per heavy atom. The van der Waals surface area contributed by atoms with Crippen molar-refractivity contribution in [3.05, 3.63) is 209 Å². The van der Waals surface area contributed by atoms with Crippen molar-refractivity contribution < 1.29 is 62.6 Å². The molecule has 0 aliphatic rings. The molecule has 450 valence electrons. The number of Topliss-reactive ketones (excluding diaryl/α,β-unsaturated/α-hetero) is 1. The molecule has 0 aliphatic heterocycles. The standard InChI is InChI=1S/C22H7NO2S.C17H21NO4S2.C14H12O3S.C12H8Cl2O2S.11H2/c1-2-3-4-5-6-7-8-9-10-11-12-13-14-15-20-26(24,25)22-18-16-21(23)17-19-22;1-3-18(13-23(19,20)16-7-5-4-6-8-16)14-24(21,22)17-11-9-15(2)10-12-17;15-14(12-7-3-1-4-8-12)11-18(16,17)13-9-5-2-6-10-13;13-9-1-5-11(6-2-9)17(15,16)12-7-3-10(14)4-8-12;;;;;;;;;;;/h1,16-19H,23H2;4-12H,3,13-14H2,1-2H3;1-10H,11H2;1-8H;11*1H. The molecule has 13 nitrogen and oxygen atoms in total. The number of hydrogen-bond donors (Lipinski definition) is 1. The number of benzene rings is 7. The van der Waals surface area contributed by atoms with Gasteiger partial charge < -0.3 is 5.73 Å². The number of sulfone groups is 5. The van der Waals surface area contributed by atoms with Gasteiger partial charge in [-0.05, 0) is 194 Å². The van der Waals surface area contributed by atoms with E-state index in [9.17, 15) is 46.9 Å². The highest BCUT2D eigenvalue weighted by molar-refractivity contribution is 7.96. The molecule has 0 amide bonds. The fraction of sp³-hybridized carbons (Fsp3) is 0.0923. The van der Waals surface area contributed by atoms with Gasteiger partial charge in [-0.25, -0.2) is 42.1 Å². The summed E-state index contributed by atoms with van der Waals surface area (Å²) in [5.74, 6) is 31.5.